The summed E-state index contributed by atoms with van der Waals surface area (Å²) in [6.45, 7) is 4.75. The third-order valence-corrected chi connectivity index (χ3v) is 5.53. The Morgan fingerprint density at radius 3 is 2.36 bits per heavy atom. The first-order valence-electron chi connectivity index (χ1n) is 9.03. The summed E-state index contributed by atoms with van der Waals surface area (Å²) in [6, 6.07) is 20.9. The van der Waals surface area contributed by atoms with Crippen molar-refractivity contribution in [2.24, 2.45) is 0 Å². The maximum Gasteiger partial charge on any atom is 0.223 e. The van der Waals surface area contributed by atoms with Crippen LogP contribution in [0.1, 0.15) is 18.4 Å². The molecule has 0 unspecified atom stereocenters. The zero-order valence-corrected chi connectivity index (χ0v) is 15.5. The summed E-state index contributed by atoms with van der Waals surface area (Å²) in [5.74, 6) is 1.15. The lowest BCUT2D eigenvalue weighted by Crippen LogP contribution is -2.35. The molecule has 1 aliphatic heterocycles. The van der Waals surface area contributed by atoms with Crippen molar-refractivity contribution >= 4 is 17.7 Å². The summed E-state index contributed by atoms with van der Waals surface area (Å²) >= 11 is 1.76. The zero-order chi connectivity index (χ0) is 17.3. The molecule has 0 N–H and O–H groups in total. The molecule has 3 nitrogen and oxygen atoms in total. The van der Waals surface area contributed by atoms with Crippen LogP contribution in [0.5, 0.6) is 0 Å². The lowest BCUT2D eigenvalue weighted by Gasteiger charge is -2.22. The minimum absolute atomic E-state index is 0.296. The van der Waals surface area contributed by atoms with E-state index in [1.165, 1.54) is 10.5 Å². The average molecular weight is 355 g/mol. The van der Waals surface area contributed by atoms with Crippen LogP contribution in [0.4, 0.5) is 0 Å². The molecule has 1 amide bonds. The Morgan fingerprint density at radius 2 is 1.60 bits per heavy atom. The van der Waals surface area contributed by atoms with Gasteiger partial charge in [0.2, 0.25) is 5.91 Å². The second-order valence-corrected chi connectivity index (χ2v) is 7.58. The van der Waals surface area contributed by atoms with E-state index in [0.29, 0.717) is 12.3 Å². The fourth-order valence-electron chi connectivity index (χ4n) is 3.15. The molecular weight excluding hydrogens is 328 g/mol. The van der Waals surface area contributed by atoms with E-state index in [0.717, 1.165) is 44.9 Å². The summed E-state index contributed by atoms with van der Waals surface area (Å²) in [5, 5.41) is 0. The van der Waals surface area contributed by atoms with Crippen molar-refractivity contribution in [1.82, 2.24) is 9.80 Å². The van der Waals surface area contributed by atoms with Gasteiger partial charge in [0, 0.05) is 49.8 Å². The van der Waals surface area contributed by atoms with Crippen molar-refractivity contribution in [3.63, 3.8) is 0 Å². The van der Waals surface area contributed by atoms with E-state index in [1.807, 2.05) is 18.2 Å². The second kappa shape index (κ2) is 9.64. The maximum atomic E-state index is 12.5. The molecule has 4 heteroatoms. The van der Waals surface area contributed by atoms with Gasteiger partial charge in [0.15, 0.2) is 0 Å². The van der Waals surface area contributed by atoms with E-state index in [2.05, 4.69) is 52.3 Å². The van der Waals surface area contributed by atoms with Gasteiger partial charge in [-0.25, -0.2) is 0 Å². The third-order valence-electron chi connectivity index (χ3n) is 4.52. The molecule has 0 radical (unpaired) electrons. The molecule has 1 saturated heterocycles. The summed E-state index contributed by atoms with van der Waals surface area (Å²) in [6.07, 6.45) is 1.68. The van der Waals surface area contributed by atoms with Gasteiger partial charge in [0.25, 0.3) is 0 Å². The lowest BCUT2D eigenvalue weighted by molar-refractivity contribution is -0.130. The number of carbonyl (C=O) groups excluding carboxylic acids is 1. The predicted molar refractivity (Wildman–Crippen MR) is 105 cm³/mol. The minimum Gasteiger partial charge on any atom is -0.341 e. The molecule has 132 valence electrons. The van der Waals surface area contributed by atoms with Crippen molar-refractivity contribution in [2.45, 2.75) is 24.3 Å². The maximum absolute atomic E-state index is 12.5. The molecule has 3 rings (SSSR count). The monoisotopic (exact) mass is 354 g/mol. The molecule has 0 saturated carbocycles. The number of benzene rings is 2. The van der Waals surface area contributed by atoms with E-state index >= 15 is 0 Å². The number of hydrogen-bond donors (Lipinski definition) is 0. The molecule has 0 bridgehead atoms. The van der Waals surface area contributed by atoms with Gasteiger partial charge < -0.3 is 4.90 Å². The molecule has 1 heterocycles. The Balaban J connectivity index is 1.42. The molecule has 0 aromatic heterocycles. The highest BCUT2D eigenvalue weighted by Crippen LogP contribution is 2.18. The van der Waals surface area contributed by atoms with Crippen LogP contribution in [-0.2, 0) is 11.3 Å². The third kappa shape index (κ3) is 5.91. The van der Waals surface area contributed by atoms with Crippen LogP contribution in [0, 0.1) is 0 Å². The Bertz CT molecular complexity index is 647. The largest absolute Gasteiger partial charge is 0.341 e. The first-order chi connectivity index (χ1) is 12.3. The van der Waals surface area contributed by atoms with Crippen molar-refractivity contribution in [1.29, 1.82) is 0 Å². The van der Waals surface area contributed by atoms with E-state index < -0.39 is 0 Å². The quantitative estimate of drug-likeness (QED) is 0.735. The Labute approximate surface area is 155 Å². The van der Waals surface area contributed by atoms with E-state index in [9.17, 15) is 4.79 Å². The number of thioether (sulfide) groups is 1. The van der Waals surface area contributed by atoms with Gasteiger partial charge in [-0.15, -0.1) is 11.8 Å². The van der Waals surface area contributed by atoms with Gasteiger partial charge >= 0.3 is 0 Å². The Morgan fingerprint density at radius 1 is 0.880 bits per heavy atom. The second-order valence-electron chi connectivity index (χ2n) is 6.41. The molecule has 25 heavy (non-hydrogen) atoms. The van der Waals surface area contributed by atoms with E-state index in [1.54, 1.807) is 11.8 Å². The number of rotatable bonds is 6. The SMILES string of the molecule is O=C(CCSc1ccccc1)N1CCCN(Cc2ccccc2)CC1. The first kappa shape index (κ1) is 18.0. The van der Waals surface area contributed by atoms with Crippen LogP contribution in [0.25, 0.3) is 0 Å². The summed E-state index contributed by atoms with van der Waals surface area (Å²) in [7, 11) is 0. The smallest absolute Gasteiger partial charge is 0.223 e. The Kier molecular flexibility index (Phi) is 6.95. The van der Waals surface area contributed by atoms with Crippen LogP contribution in [0.2, 0.25) is 0 Å². The van der Waals surface area contributed by atoms with Gasteiger partial charge in [-0.2, -0.15) is 0 Å². The highest BCUT2D eigenvalue weighted by molar-refractivity contribution is 7.99. The standard InChI is InChI=1S/C21H26N2OS/c24-21(12-17-25-20-10-5-2-6-11-20)23-14-7-13-22(15-16-23)18-19-8-3-1-4-9-19/h1-6,8-11H,7,12-18H2. The summed E-state index contributed by atoms with van der Waals surface area (Å²) in [4.78, 5) is 18.2. The van der Waals surface area contributed by atoms with Crippen LogP contribution in [0.15, 0.2) is 65.6 Å². The lowest BCUT2D eigenvalue weighted by atomic mass is 10.2. The van der Waals surface area contributed by atoms with Gasteiger partial charge in [-0.05, 0) is 24.1 Å². The molecule has 2 aromatic carbocycles. The van der Waals surface area contributed by atoms with Crippen LogP contribution >= 0.6 is 11.8 Å². The van der Waals surface area contributed by atoms with Gasteiger partial charge in [-0.3, -0.25) is 9.69 Å². The fourth-order valence-corrected chi connectivity index (χ4v) is 4.01. The number of amides is 1. The van der Waals surface area contributed by atoms with Gasteiger partial charge in [0.1, 0.15) is 0 Å². The molecule has 1 fully saturated rings. The average Bonchev–Trinajstić information content (AvgIpc) is 2.89. The number of carbonyl (C=O) groups is 1. The normalized spacial score (nSPS) is 15.8. The molecule has 2 aromatic rings. The molecule has 1 aliphatic rings. The summed E-state index contributed by atoms with van der Waals surface area (Å²) < 4.78 is 0. The van der Waals surface area contributed by atoms with Gasteiger partial charge in [0.05, 0.1) is 0 Å². The topological polar surface area (TPSA) is 23.6 Å². The highest BCUT2D eigenvalue weighted by atomic mass is 32.2. The van der Waals surface area contributed by atoms with Crippen molar-refractivity contribution in [3.8, 4) is 0 Å². The number of hydrogen-bond acceptors (Lipinski definition) is 3. The van der Waals surface area contributed by atoms with Crippen molar-refractivity contribution in [2.75, 3.05) is 31.9 Å². The molecular formula is C21H26N2OS. The zero-order valence-electron chi connectivity index (χ0n) is 14.6. The molecule has 0 aliphatic carbocycles. The van der Waals surface area contributed by atoms with Crippen LogP contribution < -0.4 is 0 Å². The van der Waals surface area contributed by atoms with Crippen LogP contribution in [-0.4, -0.2) is 47.6 Å². The Hall–Kier alpha value is -1.78. The fraction of sp³-hybridized carbons (Fsp3) is 0.381. The molecule has 0 spiro atoms. The minimum atomic E-state index is 0.296. The van der Waals surface area contributed by atoms with Crippen molar-refractivity contribution in [3.05, 3.63) is 66.2 Å². The van der Waals surface area contributed by atoms with Crippen molar-refractivity contribution < 1.29 is 4.79 Å². The van der Waals surface area contributed by atoms with E-state index in [4.69, 9.17) is 0 Å². The number of nitrogens with zero attached hydrogens (tertiary/aromatic N) is 2. The first-order valence-corrected chi connectivity index (χ1v) is 10.0. The predicted octanol–water partition coefficient (Wildman–Crippen LogP) is 3.90. The van der Waals surface area contributed by atoms with Crippen LogP contribution in [0.3, 0.4) is 0 Å². The molecule has 0 atom stereocenters. The van der Waals surface area contributed by atoms with E-state index in [-0.39, 0.29) is 0 Å². The van der Waals surface area contributed by atoms with Gasteiger partial charge in [-0.1, -0.05) is 48.5 Å². The summed E-state index contributed by atoms with van der Waals surface area (Å²) in [5.41, 5.74) is 1.35. The highest BCUT2D eigenvalue weighted by Gasteiger charge is 2.18.